The molecule has 0 fully saturated rings. The minimum absolute atomic E-state index is 0.329. The van der Waals surface area contributed by atoms with Crippen LogP contribution in [0, 0.1) is 0 Å². The van der Waals surface area contributed by atoms with E-state index in [2.05, 4.69) is 0 Å². The molecule has 5 atom stereocenters. The molecule has 0 aromatic carbocycles. The van der Waals surface area contributed by atoms with Crippen molar-refractivity contribution in [1.29, 1.82) is 0 Å². The first-order valence-corrected chi connectivity index (χ1v) is 4.76. The van der Waals surface area contributed by atoms with Crippen LogP contribution in [0.3, 0.4) is 0 Å². The summed E-state index contributed by atoms with van der Waals surface area (Å²) in [5.74, 6) is 0. The van der Waals surface area contributed by atoms with Gasteiger partial charge in [0.15, 0.2) is 0 Å². The summed E-state index contributed by atoms with van der Waals surface area (Å²) in [6.07, 6.45) is -4.38. The Labute approximate surface area is 92.8 Å². The Kier molecular flexibility index (Phi) is 7.02. The van der Waals surface area contributed by atoms with Crippen molar-refractivity contribution in [3.05, 3.63) is 0 Å². The second-order valence-corrected chi connectivity index (χ2v) is 3.40. The van der Waals surface area contributed by atoms with E-state index in [-0.39, 0.29) is 0 Å². The van der Waals surface area contributed by atoms with Crippen molar-refractivity contribution in [3.63, 3.8) is 0 Å². The predicted molar refractivity (Wildman–Crippen MR) is 53.5 cm³/mol. The Hall–Kier alpha value is -0.860. The minimum atomic E-state index is -1.55. The van der Waals surface area contributed by atoms with Crippen LogP contribution in [0.5, 0.6) is 0 Å². The molecule has 0 saturated carbocycles. The van der Waals surface area contributed by atoms with Crippen LogP contribution in [0.4, 0.5) is 0 Å². The van der Waals surface area contributed by atoms with Gasteiger partial charge >= 0.3 is 0 Å². The van der Waals surface area contributed by atoms with Gasteiger partial charge in [-0.3, -0.25) is 0 Å². The Morgan fingerprint density at radius 2 is 1.88 bits per heavy atom. The zero-order chi connectivity index (χ0) is 12.7. The van der Waals surface area contributed by atoms with Gasteiger partial charge in [0, 0.05) is 0 Å². The van der Waals surface area contributed by atoms with Crippen molar-refractivity contribution in [3.8, 4) is 0 Å². The molecule has 0 aliphatic heterocycles. The highest BCUT2D eigenvalue weighted by Crippen LogP contribution is 2.09. The number of hydrogen-bond donors (Lipinski definition) is 4. The van der Waals surface area contributed by atoms with Gasteiger partial charge in [-0.1, -0.05) is 0 Å². The van der Waals surface area contributed by atoms with Gasteiger partial charge in [-0.25, -0.2) is 0 Å². The quantitative estimate of drug-likeness (QED) is 0.334. The molecule has 0 rings (SSSR count). The second-order valence-electron chi connectivity index (χ2n) is 3.40. The van der Waals surface area contributed by atoms with E-state index in [1.54, 1.807) is 0 Å². The van der Waals surface area contributed by atoms with Gasteiger partial charge in [0.1, 0.15) is 37.0 Å². The number of hydrogen-bond acceptors (Lipinski definition) is 7. The topological polar surface area (TPSA) is 130 Å². The lowest BCUT2D eigenvalue weighted by molar-refractivity contribution is -0.145. The third-order valence-electron chi connectivity index (χ3n) is 2.02. The summed E-state index contributed by atoms with van der Waals surface area (Å²) in [6, 6.07) is -1.20. The number of ether oxygens (including phenoxy) is 1. The fourth-order valence-electron chi connectivity index (χ4n) is 1.08. The molecular weight excluding hydrogens is 218 g/mol. The van der Waals surface area contributed by atoms with E-state index in [0.717, 1.165) is 0 Å². The molecule has 0 radical (unpaired) electrons. The van der Waals surface area contributed by atoms with Crippen molar-refractivity contribution in [1.82, 2.24) is 0 Å². The van der Waals surface area contributed by atoms with Crippen LogP contribution < -0.4 is 5.73 Å². The van der Waals surface area contributed by atoms with E-state index >= 15 is 0 Å². The van der Waals surface area contributed by atoms with Crippen molar-refractivity contribution in [2.75, 3.05) is 6.61 Å². The van der Waals surface area contributed by atoms with Crippen molar-refractivity contribution in [2.45, 2.75) is 37.4 Å². The number of aldehydes is 2. The van der Waals surface area contributed by atoms with E-state index in [0.29, 0.717) is 12.6 Å². The lowest BCUT2D eigenvalue weighted by Gasteiger charge is -2.29. The van der Waals surface area contributed by atoms with Crippen molar-refractivity contribution >= 4 is 12.6 Å². The van der Waals surface area contributed by atoms with Crippen molar-refractivity contribution < 1.29 is 29.6 Å². The number of nitrogens with two attached hydrogens (primary N) is 1. The van der Waals surface area contributed by atoms with Gasteiger partial charge in [0.25, 0.3) is 0 Å². The molecule has 0 saturated heterocycles. The Balaban J connectivity index is 4.64. The van der Waals surface area contributed by atoms with E-state index in [9.17, 15) is 19.8 Å². The fraction of sp³-hybridized carbons (Fsp3) is 0.778. The normalized spacial score (nSPS) is 20.6. The lowest BCUT2D eigenvalue weighted by Crippen LogP contribution is -2.52. The Morgan fingerprint density at radius 1 is 1.31 bits per heavy atom. The Morgan fingerprint density at radius 3 is 2.25 bits per heavy atom. The zero-order valence-electron chi connectivity index (χ0n) is 8.89. The molecule has 0 spiro atoms. The number of aliphatic hydroxyl groups excluding tert-OH is 3. The molecule has 5 unspecified atom stereocenters. The molecule has 0 bridgehead atoms. The molecule has 0 aromatic rings. The summed E-state index contributed by atoms with van der Waals surface area (Å²) in [7, 11) is 0. The molecule has 0 aliphatic rings. The first-order valence-electron chi connectivity index (χ1n) is 4.76. The fourth-order valence-corrected chi connectivity index (χ4v) is 1.08. The van der Waals surface area contributed by atoms with Crippen LogP contribution >= 0.6 is 0 Å². The summed E-state index contributed by atoms with van der Waals surface area (Å²) in [5.41, 5.74) is 5.35. The molecule has 0 aromatic heterocycles. The van der Waals surface area contributed by atoms with Gasteiger partial charge in [-0.05, 0) is 6.92 Å². The maximum atomic E-state index is 10.5. The van der Waals surface area contributed by atoms with Crippen LogP contribution in [0.15, 0.2) is 0 Å². The highest BCUT2D eigenvalue weighted by molar-refractivity contribution is 5.59. The minimum Gasteiger partial charge on any atom is -0.394 e. The maximum absolute atomic E-state index is 10.5. The molecule has 7 heteroatoms. The first-order chi connectivity index (χ1) is 7.47. The van der Waals surface area contributed by atoms with E-state index in [4.69, 9.17) is 15.6 Å². The summed E-state index contributed by atoms with van der Waals surface area (Å²) < 4.78 is 4.99. The number of rotatable bonds is 8. The Bertz CT molecular complexity index is 224. The van der Waals surface area contributed by atoms with Crippen LogP contribution in [-0.2, 0) is 14.3 Å². The van der Waals surface area contributed by atoms with Gasteiger partial charge in [0.05, 0.1) is 12.6 Å². The van der Waals surface area contributed by atoms with Crippen LogP contribution in [0.25, 0.3) is 0 Å². The van der Waals surface area contributed by atoms with E-state index in [1.165, 1.54) is 6.92 Å². The van der Waals surface area contributed by atoms with E-state index < -0.39 is 37.1 Å². The summed E-state index contributed by atoms with van der Waals surface area (Å²) in [6.45, 7) is 0.692. The largest absolute Gasteiger partial charge is 0.394 e. The average molecular weight is 235 g/mol. The van der Waals surface area contributed by atoms with E-state index in [1.807, 2.05) is 0 Å². The lowest BCUT2D eigenvalue weighted by atomic mass is 10.0. The van der Waals surface area contributed by atoms with Gasteiger partial charge in [-0.15, -0.1) is 0 Å². The molecule has 16 heavy (non-hydrogen) atoms. The predicted octanol–water partition coefficient (Wildman–Crippen LogP) is -2.80. The molecule has 5 N–H and O–H groups in total. The SMILES string of the molecule is CC(C=O)OC(C(N)C=O)C(O)C(O)CO. The second kappa shape index (κ2) is 7.42. The third-order valence-corrected chi connectivity index (χ3v) is 2.02. The summed E-state index contributed by atoms with van der Waals surface area (Å²) >= 11 is 0. The molecular formula is C9H17NO6. The molecule has 0 aliphatic carbocycles. The van der Waals surface area contributed by atoms with Crippen LogP contribution in [-0.4, -0.2) is 65.0 Å². The number of aliphatic hydroxyl groups is 3. The summed E-state index contributed by atoms with van der Waals surface area (Å²) in [4.78, 5) is 20.8. The smallest absolute Gasteiger partial charge is 0.148 e. The van der Waals surface area contributed by atoms with Crippen molar-refractivity contribution in [2.24, 2.45) is 5.73 Å². The monoisotopic (exact) mass is 235 g/mol. The molecule has 0 amide bonds. The molecule has 7 nitrogen and oxygen atoms in total. The van der Waals surface area contributed by atoms with Gasteiger partial charge in [0.2, 0.25) is 0 Å². The maximum Gasteiger partial charge on any atom is 0.148 e. The van der Waals surface area contributed by atoms with Gasteiger partial charge < -0.3 is 35.4 Å². The first kappa shape index (κ1) is 15.1. The number of carbonyl (C=O) groups excluding carboxylic acids is 2. The number of carbonyl (C=O) groups is 2. The molecule has 0 heterocycles. The third kappa shape index (κ3) is 4.33. The van der Waals surface area contributed by atoms with Crippen LogP contribution in [0.2, 0.25) is 0 Å². The highest BCUT2D eigenvalue weighted by Gasteiger charge is 2.32. The highest BCUT2D eigenvalue weighted by atomic mass is 16.5. The van der Waals surface area contributed by atoms with Gasteiger partial charge in [-0.2, -0.15) is 0 Å². The summed E-state index contributed by atoms with van der Waals surface area (Å²) in [5, 5.41) is 27.4. The average Bonchev–Trinajstić information content (AvgIpc) is 2.32. The van der Waals surface area contributed by atoms with Crippen LogP contribution in [0.1, 0.15) is 6.92 Å². The molecule has 94 valence electrons. The zero-order valence-corrected chi connectivity index (χ0v) is 8.89. The standard InChI is InChI=1S/C9H17NO6/c1-5(2-11)16-9(6(10)3-12)8(15)7(14)4-13/h2-3,5-9,13-15H,4,10H2,1H3.